The Bertz CT molecular complexity index is 83.0. The molecule has 0 radical (unpaired) electrons. The first kappa shape index (κ1) is 8.63. The Kier molecular flexibility index (Phi) is 4.32. The van der Waals surface area contributed by atoms with Crippen LogP contribution in [0.5, 0.6) is 0 Å². The Balaban J connectivity index is 3.44. The second-order valence-electron chi connectivity index (χ2n) is 2.48. The van der Waals surface area contributed by atoms with E-state index in [9.17, 15) is 4.79 Å². The van der Waals surface area contributed by atoms with Crippen molar-refractivity contribution in [1.29, 1.82) is 0 Å². The lowest BCUT2D eigenvalue weighted by atomic mass is 9.99. The quantitative estimate of drug-likeness (QED) is 0.574. The molecule has 0 aromatic heterocycles. The summed E-state index contributed by atoms with van der Waals surface area (Å²) in [6, 6.07) is -0.259. The largest absolute Gasteiger partial charge is 0.322 e. The molecule has 2 N–H and O–H groups in total. The van der Waals surface area contributed by atoms with Gasteiger partial charge in [-0.3, -0.25) is 0 Å². The van der Waals surface area contributed by atoms with Crippen molar-refractivity contribution in [3.63, 3.8) is 0 Å². The zero-order valence-electron chi connectivity index (χ0n) is 6.13. The number of nitrogens with two attached hydrogens (primary N) is 1. The number of hydrogen-bond acceptors (Lipinski definition) is 2. The van der Waals surface area contributed by atoms with Gasteiger partial charge in [0, 0.05) is 0 Å². The summed E-state index contributed by atoms with van der Waals surface area (Å²) in [4.78, 5) is 10.1. The maximum atomic E-state index is 10.1. The lowest BCUT2D eigenvalue weighted by molar-refractivity contribution is -0.109. The van der Waals surface area contributed by atoms with Gasteiger partial charge in [0.25, 0.3) is 0 Å². The second-order valence-corrected chi connectivity index (χ2v) is 2.48. The minimum atomic E-state index is -0.259. The molecule has 0 bridgehead atoms. The van der Waals surface area contributed by atoms with Gasteiger partial charge in [-0.05, 0) is 12.3 Å². The molecule has 9 heavy (non-hydrogen) atoms. The Morgan fingerprint density at radius 2 is 2.22 bits per heavy atom. The van der Waals surface area contributed by atoms with Gasteiger partial charge >= 0.3 is 0 Å². The molecule has 1 unspecified atom stereocenters. The smallest absolute Gasteiger partial charge is 0.136 e. The summed E-state index contributed by atoms with van der Waals surface area (Å²) in [5.74, 6) is 0.340. The van der Waals surface area contributed by atoms with Gasteiger partial charge in [0.1, 0.15) is 6.29 Å². The van der Waals surface area contributed by atoms with Crippen LogP contribution in [0.3, 0.4) is 0 Å². The minimum absolute atomic E-state index is 0.259. The molecule has 0 amide bonds. The Morgan fingerprint density at radius 1 is 1.67 bits per heavy atom. The zero-order chi connectivity index (χ0) is 7.28. The summed E-state index contributed by atoms with van der Waals surface area (Å²) in [7, 11) is 0. The van der Waals surface area contributed by atoms with E-state index in [2.05, 4.69) is 6.92 Å². The number of carbonyl (C=O) groups excluding carboxylic acids is 1. The Morgan fingerprint density at radius 3 is 2.56 bits per heavy atom. The molecule has 0 aliphatic rings. The highest BCUT2D eigenvalue weighted by Gasteiger charge is 2.08. The molecule has 0 saturated carbocycles. The number of rotatable bonds is 4. The van der Waals surface area contributed by atoms with Gasteiger partial charge in [0.05, 0.1) is 6.04 Å². The molecule has 2 atom stereocenters. The molecule has 0 heterocycles. The molecule has 2 heteroatoms. The highest BCUT2D eigenvalue weighted by atomic mass is 16.1. The summed E-state index contributed by atoms with van der Waals surface area (Å²) < 4.78 is 0. The standard InChI is InChI=1S/C7H15NO/c1-3-4-6(2)7(8)5-9/h5-7H,3-4,8H2,1-2H3/t6?,7-/m1/s1. The van der Waals surface area contributed by atoms with Gasteiger partial charge in [-0.2, -0.15) is 0 Å². The van der Waals surface area contributed by atoms with Gasteiger partial charge in [-0.15, -0.1) is 0 Å². The number of hydrogen-bond donors (Lipinski definition) is 1. The van der Waals surface area contributed by atoms with E-state index in [-0.39, 0.29) is 6.04 Å². The molecule has 0 aromatic rings. The fourth-order valence-electron chi connectivity index (χ4n) is 0.782. The zero-order valence-corrected chi connectivity index (χ0v) is 6.13. The van der Waals surface area contributed by atoms with Gasteiger partial charge in [-0.1, -0.05) is 20.3 Å². The molecular weight excluding hydrogens is 114 g/mol. The van der Waals surface area contributed by atoms with Crippen LogP contribution >= 0.6 is 0 Å². The third-order valence-corrected chi connectivity index (χ3v) is 1.56. The monoisotopic (exact) mass is 129 g/mol. The molecule has 2 nitrogen and oxygen atoms in total. The third-order valence-electron chi connectivity index (χ3n) is 1.56. The van der Waals surface area contributed by atoms with Crippen LogP contribution in [0.25, 0.3) is 0 Å². The summed E-state index contributed by atoms with van der Waals surface area (Å²) in [5, 5.41) is 0. The van der Waals surface area contributed by atoms with Crippen molar-refractivity contribution in [1.82, 2.24) is 0 Å². The lowest BCUT2D eigenvalue weighted by Crippen LogP contribution is -2.29. The molecule has 0 rings (SSSR count). The number of carbonyl (C=O) groups is 1. The van der Waals surface area contributed by atoms with Gasteiger partial charge in [0.2, 0.25) is 0 Å². The van der Waals surface area contributed by atoms with E-state index in [1.165, 1.54) is 0 Å². The summed E-state index contributed by atoms with van der Waals surface area (Å²) in [5.41, 5.74) is 5.43. The first-order valence-corrected chi connectivity index (χ1v) is 3.43. The van der Waals surface area contributed by atoms with Crippen LogP contribution in [-0.4, -0.2) is 12.3 Å². The van der Waals surface area contributed by atoms with Crippen LogP contribution < -0.4 is 5.73 Å². The van der Waals surface area contributed by atoms with Crippen molar-refractivity contribution < 1.29 is 4.79 Å². The van der Waals surface area contributed by atoms with E-state index >= 15 is 0 Å². The molecular formula is C7H15NO. The van der Waals surface area contributed by atoms with Crippen molar-refractivity contribution >= 4 is 6.29 Å². The van der Waals surface area contributed by atoms with Crippen molar-refractivity contribution in [3.8, 4) is 0 Å². The van der Waals surface area contributed by atoms with Gasteiger partial charge in [-0.25, -0.2) is 0 Å². The molecule has 54 valence electrons. The summed E-state index contributed by atoms with van der Waals surface area (Å²) in [6.07, 6.45) is 2.96. The van der Waals surface area contributed by atoms with E-state index in [1.54, 1.807) is 0 Å². The van der Waals surface area contributed by atoms with Crippen molar-refractivity contribution in [3.05, 3.63) is 0 Å². The van der Waals surface area contributed by atoms with Crippen LogP contribution in [0.4, 0.5) is 0 Å². The summed E-state index contributed by atoms with van der Waals surface area (Å²) in [6.45, 7) is 4.09. The molecule has 0 aliphatic carbocycles. The first-order chi connectivity index (χ1) is 4.22. The maximum Gasteiger partial charge on any atom is 0.136 e. The van der Waals surface area contributed by atoms with Crippen molar-refractivity contribution in [2.75, 3.05) is 0 Å². The molecule has 0 aliphatic heterocycles. The fraction of sp³-hybridized carbons (Fsp3) is 0.857. The summed E-state index contributed by atoms with van der Waals surface area (Å²) >= 11 is 0. The normalized spacial score (nSPS) is 16.8. The first-order valence-electron chi connectivity index (χ1n) is 3.43. The van der Waals surface area contributed by atoms with E-state index in [0.29, 0.717) is 5.92 Å². The predicted octanol–water partition coefficient (Wildman–Crippen LogP) is 0.949. The Labute approximate surface area is 56.4 Å². The van der Waals surface area contributed by atoms with E-state index < -0.39 is 0 Å². The van der Waals surface area contributed by atoms with Crippen LogP contribution in [0.2, 0.25) is 0 Å². The van der Waals surface area contributed by atoms with Gasteiger partial charge < -0.3 is 10.5 Å². The van der Waals surface area contributed by atoms with Crippen molar-refractivity contribution in [2.45, 2.75) is 32.7 Å². The molecule has 0 spiro atoms. The molecule has 0 fully saturated rings. The number of aldehydes is 1. The SMILES string of the molecule is CCCC(C)[C@H](N)C=O. The van der Waals surface area contributed by atoms with Crippen LogP contribution in [-0.2, 0) is 4.79 Å². The van der Waals surface area contributed by atoms with Crippen molar-refractivity contribution in [2.24, 2.45) is 11.7 Å². The van der Waals surface area contributed by atoms with Crippen LogP contribution in [0.1, 0.15) is 26.7 Å². The van der Waals surface area contributed by atoms with E-state index in [0.717, 1.165) is 19.1 Å². The molecule has 0 saturated heterocycles. The van der Waals surface area contributed by atoms with E-state index in [1.807, 2.05) is 6.92 Å². The second kappa shape index (κ2) is 4.50. The minimum Gasteiger partial charge on any atom is -0.322 e. The highest BCUT2D eigenvalue weighted by Crippen LogP contribution is 2.06. The van der Waals surface area contributed by atoms with E-state index in [4.69, 9.17) is 5.73 Å². The van der Waals surface area contributed by atoms with Crippen LogP contribution in [0, 0.1) is 5.92 Å². The predicted molar refractivity (Wildman–Crippen MR) is 38.1 cm³/mol. The topological polar surface area (TPSA) is 43.1 Å². The average molecular weight is 129 g/mol. The van der Waals surface area contributed by atoms with Gasteiger partial charge in [0.15, 0.2) is 0 Å². The average Bonchev–Trinajstić information content (AvgIpc) is 1.87. The highest BCUT2D eigenvalue weighted by molar-refractivity contribution is 5.57. The van der Waals surface area contributed by atoms with Crippen LogP contribution in [0.15, 0.2) is 0 Å². The maximum absolute atomic E-state index is 10.1. The molecule has 0 aromatic carbocycles. The lowest BCUT2D eigenvalue weighted by Gasteiger charge is -2.11. The third kappa shape index (κ3) is 3.25. The fourth-order valence-corrected chi connectivity index (χ4v) is 0.782. The Hall–Kier alpha value is -0.370.